The number of rotatable bonds is 6. The maximum atomic E-state index is 12.3. The quantitative estimate of drug-likeness (QED) is 0.608. The fourth-order valence-electron chi connectivity index (χ4n) is 2.18. The second-order valence-corrected chi connectivity index (χ2v) is 7.22. The van der Waals surface area contributed by atoms with Gasteiger partial charge in [-0.15, -0.1) is 0 Å². The third kappa shape index (κ3) is 3.87. The van der Waals surface area contributed by atoms with Crippen LogP contribution in [0.15, 0.2) is 47.4 Å². The minimum atomic E-state index is -3.81. The molecule has 9 nitrogen and oxygen atoms in total. The van der Waals surface area contributed by atoms with E-state index < -0.39 is 20.9 Å². The first-order valence-electron chi connectivity index (χ1n) is 7.37. The molecule has 1 N–H and O–H groups in total. The van der Waals surface area contributed by atoms with Gasteiger partial charge in [0.25, 0.3) is 21.6 Å². The van der Waals surface area contributed by atoms with Gasteiger partial charge in [0, 0.05) is 18.7 Å². The van der Waals surface area contributed by atoms with Gasteiger partial charge < -0.3 is 5.32 Å². The van der Waals surface area contributed by atoms with Crippen LogP contribution in [-0.2, 0) is 14.9 Å². The van der Waals surface area contributed by atoms with E-state index >= 15 is 0 Å². The highest BCUT2D eigenvalue weighted by atomic mass is 32.2. The van der Waals surface area contributed by atoms with Gasteiger partial charge in [-0.1, -0.05) is 10.5 Å². The van der Waals surface area contributed by atoms with E-state index in [1.807, 2.05) is 0 Å². The van der Waals surface area contributed by atoms with Gasteiger partial charge in [0.2, 0.25) is 0 Å². The molecular formula is C16H17N3O6S. The van der Waals surface area contributed by atoms with Gasteiger partial charge in [0.05, 0.1) is 28.2 Å². The highest BCUT2D eigenvalue weighted by Gasteiger charge is 2.21. The molecule has 2 rings (SSSR count). The highest BCUT2D eigenvalue weighted by molar-refractivity contribution is 7.89. The summed E-state index contributed by atoms with van der Waals surface area (Å²) in [5, 5.41) is 13.5. The van der Waals surface area contributed by atoms with Crippen molar-refractivity contribution in [2.24, 2.45) is 0 Å². The molecule has 0 aromatic heterocycles. The van der Waals surface area contributed by atoms with Crippen molar-refractivity contribution >= 4 is 27.3 Å². The Morgan fingerprint density at radius 1 is 1.19 bits per heavy atom. The van der Waals surface area contributed by atoms with Crippen LogP contribution in [0.5, 0.6) is 0 Å². The summed E-state index contributed by atoms with van der Waals surface area (Å²) in [6.45, 7) is 1.53. The molecule has 26 heavy (non-hydrogen) atoms. The van der Waals surface area contributed by atoms with Gasteiger partial charge in [0.1, 0.15) is 0 Å². The Hall–Kier alpha value is -2.82. The number of hydrogen-bond donors (Lipinski definition) is 1. The third-order valence-electron chi connectivity index (χ3n) is 3.76. The van der Waals surface area contributed by atoms with E-state index in [2.05, 4.69) is 10.2 Å². The summed E-state index contributed by atoms with van der Waals surface area (Å²) in [6, 6.07) is 9.61. The van der Waals surface area contributed by atoms with Crippen molar-refractivity contribution in [1.82, 2.24) is 4.47 Å². The second kappa shape index (κ2) is 7.60. The molecule has 10 heteroatoms. The number of anilines is 1. The zero-order chi connectivity index (χ0) is 19.5. The Balaban J connectivity index is 2.24. The van der Waals surface area contributed by atoms with Crippen LogP contribution >= 0.6 is 0 Å². The lowest BCUT2D eigenvalue weighted by Gasteiger charge is -2.14. The molecule has 0 saturated carbocycles. The smallest absolute Gasteiger partial charge is 0.274 e. The first-order valence-corrected chi connectivity index (χ1v) is 8.81. The minimum Gasteiger partial charge on any atom is -0.321 e. The van der Waals surface area contributed by atoms with E-state index in [0.717, 1.165) is 0 Å². The zero-order valence-electron chi connectivity index (χ0n) is 14.3. The second-order valence-electron chi connectivity index (χ2n) is 5.28. The highest BCUT2D eigenvalue weighted by Crippen LogP contribution is 2.25. The average molecular weight is 379 g/mol. The molecule has 0 saturated heterocycles. The molecule has 138 valence electrons. The summed E-state index contributed by atoms with van der Waals surface area (Å²) in [6.07, 6.45) is 0. The average Bonchev–Trinajstić information content (AvgIpc) is 2.62. The van der Waals surface area contributed by atoms with Crippen LogP contribution in [0, 0.1) is 17.0 Å². The van der Waals surface area contributed by atoms with Gasteiger partial charge in [0.15, 0.2) is 0 Å². The maximum absolute atomic E-state index is 12.3. The Kier molecular flexibility index (Phi) is 5.70. The monoisotopic (exact) mass is 379 g/mol. The van der Waals surface area contributed by atoms with Gasteiger partial charge in [-0.2, -0.15) is 0 Å². The first-order chi connectivity index (χ1) is 12.2. The first kappa shape index (κ1) is 19.5. The van der Waals surface area contributed by atoms with Crippen molar-refractivity contribution in [3.8, 4) is 0 Å². The number of nitrogens with one attached hydrogen (secondary N) is 1. The Morgan fingerprint density at radius 2 is 1.81 bits per heavy atom. The fourth-order valence-corrected chi connectivity index (χ4v) is 3.15. The van der Waals surface area contributed by atoms with E-state index in [4.69, 9.17) is 0 Å². The number of benzene rings is 2. The van der Waals surface area contributed by atoms with Gasteiger partial charge in [-0.05, 0) is 37.3 Å². The van der Waals surface area contributed by atoms with Crippen LogP contribution in [-0.4, -0.2) is 37.9 Å². The van der Waals surface area contributed by atoms with E-state index in [1.165, 1.54) is 57.5 Å². The number of carbonyl (C=O) groups excluding carboxylic acids is 1. The Labute approximate surface area is 150 Å². The molecule has 0 unspecified atom stereocenters. The summed E-state index contributed by atoms with van der Waals surface area (Å²) < 4.78 is 24.9. The van der Waals surface area contributed by atoms with Crippen molar-refractivity contribution in [2.75, 3.05) is 19.5 Å². The van der Waals surface area contributed by atoms with E-state index in [1.54, 1.807) is 6.07 Å². The van der Waals surface area contributed by atoms with Crippen LogP contribution in [0.3, 0.4) is 0 Å². The van der Waals surface area contributed by atoms with Crippen molar-refractivity contribution in [2.45, 2.75) is 11.8 Å². The molecule has 0 bridgehead atoms. The van der Waals surface area contributed by atoms with Crippen molar-refractivity contribution in [3.63, 3.8) is 0 Å². The van der Waals surface area contributed by atoms with Gasteiger partial charge >= 0.3 is 0 Å². The largest absolute Gasteiger partial charge is 0.321 e. The predicted molar refractivity (Wildman–Crippen MR) is 94.2 cm³/mol. The van der Waals surface area contributed by atoms with Crippen LogP contribution in [0.1, 0.15) is 15.9 Å². The third-order valence-corrected chi connectivity index (χ3v) is 5.45. The lowest BCUT2D eigenvalue weighted by atomic mass is 10.1. The SMILES string of the molecule is CON(C)S(=O)(=O)c1ccc(C(=O)Nc2cccc([N+](=O)[O-])c2C)cc1. The molecule has 0 aliphatic heterocycles. The van der Waals surface area contributed by atoms with E-state index in [9.17, 15) is 23.3 Å². The van der Waals surface area contributed by atoms with Crippen LogP contribution in [0.2, 0.25) is 0 Å². The normalized spacial score (nSPS) is 11.4. The molecule has 0 spiro atoms. The number of hydrogen-bond acceptors (Lipinski definition) is 6. The topological polar surface area (TPSA) is 119 Å². The number of amides is 1. The molecule has 2 aromatic carbocycles. The van der Waals surface area contributed by atoms with E-state index in [0.29, 0.717) is 15.7 Å². The number of hydroxylamine groups is 1. The Bertz CT molecular complexity index is 941. The summed E-state index contributed by atoms with van der Waals surface area (Å²) in [7, 11) is -1.33. The summed E-state index contributed by atoms with van der Waals surface area (Å²) >= 11 is 0. The van der Waals surface area contributed by atoms with Crippen LogP contribution in [0.4, 0.5) is 11.4 Å². The van der Waals surface area contributed by atoms with Crippen LogP contribution in [0.25, 0.3) is 0 Å². The predicted octanol–water partition coefficient (Wildman–Crippen LogP) is 2.34. The standard InChI is InChI=1S/C16H17N3O6S/c1-11-14(5-4-6-15(11)19(21)22)17-16(20)12-7-9-13(10-8-12)26(23,24)18(2)25-3/h4-10H,1-3H3,(H,17,20). The molecular weight excluding hydrogens is 362 g/mol. The Morgan fingerprint density at radius 3 is 2.35 bits per heavy atom. The summed E-state index contributed by atoms with van der Waals surface area (Å²) in [5.41, 5.74) is 0.730. The van der Waals surface area contributed by atoms with Crippen molar-refractivity contribution in [3.05, 3.63) is 63.7 Å². The fraction of sp³-hybridized carbons (Fsp3) is 0.188. The number of nitro benzene ring substituents is 1. The molecule has 0 heterocycles. The lowest BCUT2D eigenvalue weighted by Crippen LogP contribution is -2.25. The number of nitro groups is 1. The molecule has 0 fully saturated rings. The van der Waals surface area contributed by atoms with Crippen molar-refractivity contribution < 1.29 is 23.0 Å². The number of sulfonamides is 1. The summed E-state index contributed by atoms with van der Waals surface area (Å²) in [5.74, 6) is -0.516. The molecule has 0 aliphatic carbocycles. The molecule has 0 aliphatic rings. The number of nitrogens with zero attached hydrogens (tertiary/aromatic N) is 2. The van der Waals surface area contributed by atoms with Crippen LogP contribution < -0.4 is 5.32 Å². The zero-order valence-corrected chi connectivity index (χ0v) is 15.1. The molecule has 2 aromatic rings. The van der Waals surface area contributed by atoms with E-state index in [-0.39, 0.29) is 16.1 Å². The summed E-state index contributed by atoms with van der Waals surface area (Å²) in [4.78, 5) is 27.4. The number of carbonyl (C=O) groups is 1. The van der Waals surface area contributed by atoms with Gasteiger partial charge in [-0.25, -0.2) is 8.42 Å². The molecule has 1 amide bonds. The molecule has 0 atom stereocenters. The van der Waals surface area contributed by atoms with Gasteiger partial charge in [-0.3, -0.25) is 19.7 Å². The lowest BCUT2D eigenvalue weighted by molar-refractivity contribution is -0.385. The van der Waals surface area contributed by atoms with Crippen molar-refractivity contribution in [1.29, 1.82) is 0 Å². The molecule has 0 radical (unpaired) electrons. The minimum absolute atomic E-state index is 0.0371. The maximum Gasteiger partial charge on any atom is 0.274 e.